The van der Waals surface area contributed by atoms with Crippen molar-refractivity contribution in [1.29, 1.82) is 0 Å². The van der Waals surface area contributed by atoms with Crippen molar-refractivity contribution in [3.8, 4) is 5.75 Å². The van der Waals surface area contributed by atoms with Gasteiger partial charge in [0.05, 0.1) is 24.8 Å². The molecule has 172 valence electrons. The highest BCUT2D eigenvalue weighted by atomic mass is 16.5. The molecule has 3 aromatic rings. The van der Waals surface area contributed by atoms with Crippen LogP contribution in [0.15, 0.2) is 30.9 Å². The Bertz CT molecular complexity index is 1130. The second-order valence-corrected chi connectivity index (χ2v) is 9.26. The number of fused-ring (bicyclic) bond motifs is 2. The van der Waals surface area contributed by atoms with Gasteiger partial charge in [-0.2, -0.15) is 0 Å². The van der Waals surface area contributed by atoms with Crippen LogP contribution < -0.4 is 15.0 Å². The SMILES string of the molecule is c1nc(CC2CCC(Oc3cc(N4CCOCC4)cc4nccnc34)CC2)c2c(n1)NCC2. The average Bonchev–Trinajstić information content (AvgIpc) is 3.36. The fourth-order valence-electron chi connectivity index (χ4n) is 5.38. The van der Waals surface area contributed by atoms with Crippen LogP contribution in [-0.2, 0) is 17.6 Å². The predicted octanol–water partition coefficient (Wildman–Crippen LogP) is 3.40. The standard InChI is InChI=1S/C25H30N6O2/c1-3-19(4-2-17(1)13-21-20-5-6-28-25(20)30-16-29-21)33-23-15-18(31-9-11-32-12-10-31)14-22-24(23)27-8-7-26-22/h7-8,14-17,19H,1-6,9-13H2,(H,28,29,30). The number of hydrogen-bond donors (Lipinski definition) is 1. The highest BCUT2D eigenvalue weighted by molar-refractivity contribution is 5.85. The molecular weight excluding hydrogens is 416 g/mol. The molecule has 1 aliphatic carbocycles. The molecule has 33 heavy (non-hydrogen) atoms. The van der Waals surface area contributed by atoms with Gasteiger partial charge in [-0.15, -0.1) is 0 Å². The van der Waals surface area contributed by atoms with Crippen LogP contribution >= 0.6 is 0 Å². The van der Waals surface area contributed by atoms with E-state index < -0.39 is 0 Å². The summed E-state index contributed by atoms with van der Waals surface area (Å²) in [7, 11) is 0. The third kappa shape index (κ3) is 4.31. The normalized spacial score (nSPS) is 22.7. The van der Waals surface area contributed by atoms with Crippen LogP contribution in [0.1, 0.15) is 36.9 Å². The lowest BCUT2D eigenvalue weighted by Crippen LogP contribution is -2.36. The summed E-state index contributed by atoms with van der Waals surface area (Å²) in [6, 6.07) is 4.26. The molecule has 8 nitrogen and oxygen atoms in total. The van der Waals surface area contributed by atoms with Crippen molar-refractivity contribution in [3.63, 3.8) is 0 Å². The Hall–Kier alpha value is -3.00. The Labute approximate surface area is 193 Å². The van der Waals surface area contributed by atoms with E-state index in [0.29, 0.717) is 5.92 Å². The number of ether oxygens (including phenoxy) is 2. The summed E-state index contributed by atoms with van der Waals surface area (Å²) in [6.07, 6.45) is 11.9. The molecule has 1 N–H and O–H groups in total. The van der Waals surface area contributed by atoms with Gasteiger partial charge in [-0.1, -0.05) is 0 Å². The molecule has 0 amide bonds. The van der Waals surface area contributed by atoms with Crippen molar-refractivity contribution in [3.05, 3.63) is 42.1 Å². The maximum absolute atomic E-state index is 6.58. The maximum Gasteiger partial charge on any atom is 0.149 e. The molecule has 1 aromatic carbocycles. The summed E-state index contributed by atoms with van der Waals surface area (Å²) in [5, 5.41) is 3.36. The first-order chi connectivity index (χ1) is 16.3. The number of hydrogen-bond acceptors (Lipinski definition) is 8. The topological polar surface area (TPSA) is 85.3 Å². The third-order valence-electron chi connectivity index (χ3n) is 7.17. The van der Waals surface area contributed by atoms with Crippen molar-refractivity contribution in [1.82, 2.24) is 19.9 Å². The van der Waals surface area contributed by atoms with Gasteiger partial charge in [-0.25, -0.2) is 15.0 Å². The average molecular weight is 447 g/mol. The van der Waals surface area contributed by atoms with Gasteiger partial charge >= 0.3 is 0 Å². The Balaban J connectivity index is 1.15. The van der Waals surface area contributed by atoms with Crippen molar-refractivity contribution >= 4 is 22.5 Å². The minimum Gasteiger partial charge on any atom is -0.488 e. The second-order valence-electron chi connectivity index (χ2n) is 9.26. The molecule has 0 unspecified atom stereocenters. The number of anilines is 2. The smallest absolute Gasteiger partial charge is 0.149 e. The first kappa shape index (κ1) is 20.6. The Morgan fingerprint density at radius 3 is 2.73 bits per heavy atom. The summed E-state index contributed by atoms with van der Waals surface area (Å²) >= 11 is 0. The van der Waals surface area contributed by atoms with Crippen LogP contribution in [0.25, 0.3) is 11.0 Å². The fourth-order valence-corrected chi connectivity index (χ4v) is 5.38. The largest absolute Gasteiger partial charge is 0.488 e. The second kappa shape index (κ2) is 9.09. The van der Waals surface area contributed by atoms with Crippen LogP contribution in [0.3, 0.4) is 0 Å². The molecule has 0 bridgehead atoms. The van der Waals surface area contributed by atoms with Gasteiger partial charge in [0.1, 0.15) is 23.4 Å². The minimum atomic E-state index is 0.212. The summed E-state index contributed by atoms with van der Waals surface area (Å²) in [5.41, 5.74) is 5.42. The first-order valence-electron chi connectivity index (χ1n) is 12.1. The fraction of sp³-hybridized carbons (Fsp3) is 0.520. The summed E-state index contributed by atoms with van der Waals surface area (Å²) < 4.78 is 12.1. The lowest BCUT2D eigenvalue weighted by molar-refractivity contribution is 0.122. The molecule has 0 spiro atoms. The summed E-state index contributed by atoms with van der Waals surface area (Å²) in [4.78, 5) is 20.5. The number of nitrogens with one attached hydrogen (secondary N) is 1. The van der Waals surface area contributed by atoms with E-state index in [-0.39, 0.29) is 6.10 Å². The highest BCUT2D eigenvalue weighted by Gasteiger charge is 2.26. The van der Waals surface area contributed by atoms with Gasteiger partial charge in [0.15, 0.2) is 0 Å². The van der Waals surface area contributed by atoms with E-state index in [0.717, 1.165) is 99.7 Å². The zero-order valence-corrected chi connectivity index (χ0v) is 18.9. The predicted molar refractivity (Wildman–Crippen MR) is 127 cm³/mol. The Kier molecular flexibility index (Phi) is 5.68. The van der Waals surface area contributed by atoms with E-state index >= 15 is 0 Å². The summed E-state index contributed by atoms with van der Waals surface area (Å²) in [5.74, 6) is 2.54. The van der Waals surface area contributed by atoms with Gasteiger partial charge in [-0.05, 0) is 50.5 Å². The van der Waals surface area contributed by atoms with Gasteiger partial charge in [0.25, 0.3) is 0 Å². The molecule has 1 saturated heterocycles. The van der Waals surface area contributed by atoms with E-state index in [2.05, 4.69) is 42.3 Å². The van der Waals surface area contributed by atoms with Crippen LogP contribution in [0.2, 0.25) is 0 Å². The van der Waals surface area contributed by atoms with Crippen LogP contribution in [-0.4, -0.2) is 58.9 Å². The lowest BCUT2D eigenvalue weighted by Gasteiger charge is -2.31. The molecule has 3 aliphatic rings. The monoisotopic (exact) mass is 446 g/mol. The van der Waals surface area contributed by atoms with E-state index in [9.17, 15) is 0 Å². The van der Waals surface area contributed by atoms with E-state index in [4.69, 9.17) is 9.47 Å². The minimum absolute atomic E-state index is 0.212. The van der Waals surface area contributed by atoms with Crippen molar-refractivity contribution in [2.75, 3.05) is 43.1 Å². The Morgan fingerprint density at radius 1 is 1.00 bits per heavy atom. The van der Waals surface area contributed by atoms with Gasteiger partial charge in [0, 0.05) is 55.0 Å². The number of benzene rings is 1. The van der Waals surface area contributed by atoms with Crippen molar-refractivity contribution in [2.24, 2.45) is 5.92 Å². The van der Waals surface area contributed by atoms with Crippen molar-refractivity contribution in [2.45, 2.75) is 44.6 Å². The highest BCUT2D eigenvalue weighted by Crippen LogP contribution is 2.35. The van der Waals surface area contributed by atoms with E-state index in [1.807, 2.05) is 0 Å². The Morgan fingerprint density at radius 2 is 1.85 bits per heavy atom. The molecule has 2 fully saturated rings. The molecule has 8 heteroatoms. The number of rotatable bonds is 5. The quantitative estimate of drug-likeness (QED) is 0.638. The zero-order valence-electron chi connectivity index (χ0n) is 18.9. The maximum atomic E-state index is 6.58. The van der Waals surface area contributed by atoms with Gasteiger partial charge in [-0.3, -0.25) is 4.98 Å². The zero-order chi connectivity index (χ0) is 22.0. The number of nitrogens with zero attached hydrogens (tertiary/aromatic N) is 5. The molecule has 2 aromatic heterocycles. The molecule has 0 atom stereocenters. The molecule has 1 saturated carbocycles. The van der Waals surface area contributed by atoms with Crippen molar-refractivity contribution < 1.29 is 9.47 Å². The van der Waals surface area contributed by atoms with Crippen LogP contribution in [0.4, 0.5) is 11.5 Å². The summed E-state index contributed by atoms with van der Waals surface area (Å²) in [6.45, 7) is 4.26. The molecule has 6 rings (SSSR count). The number of aromatic nitrogens is 4. The lowest BCUT2D eigenvalue weighted by atomic mass is 9.83. The van der Waals surface area contributed by atoms with Crippen LogP contribution in [0, 0.1) is 5.92 Å². The molecule has 2 aliphatic heterocycles. The number of morpholine rings is 1. The molecule has 4 heterocycles. The molecule has 0 radical (unpaired) electrons. The van der Waals surface area contributed by atoms with Gasteiger partial charge < -0.3 is 19.7 Å². The molecular formula is C25H30N6O2. The van der Waals surface area contributed by atoms with E-state index in [1.54, 1.807) is 18.7 Å². The van der Waals surface area contributed by atoms with E-state index in [1.165, 1.54) is 11.3 Å². The van der Waals surface area contributed by atoms with Gasteiger partial charge in [0.2, 0.25) is 0 Å². The van der Waals surface area contributed by atoms with Crippen LogP contribution in [0.5, 0.6) is 5.75 Å². The first-order valence-corrected chi connectivity index (χ1v) is 12.1. The third-order valence-corrected chi connectivity index (χ3v) is 7.17.